The number of amides is 2. The Morgan fingerprint density at radius 2 is 1.88 bits per heavy atom. The van der Waals surface area contributed by atoms with E-state index in [1.165, 1.54) is 29.4 Å². The van der Waals surface area contributed by atoms with Crippen LogP contribution in [-0.4, -0.2) is 43.9 Å². The van der Waals surface area contributed by atoms with Gasteiger partial charge in [-0.15, -0.1) is 0 Å². The predicted octanol–water partition coefficient (Wildman–Crippen LogP) is 3.92. The zero-order valence-electron chi connectivity index (χ0n) is 17.8. The third kappa shape index (κ3) is 4.32. The minimum atomic E-state index is -3.76. The lowest BCUT2D eigenvalue weighted by atomic mass is 10.0. The number of fused-ring (bicyclic) bond motifs is 1. The highest BCUT2D eigenvalue weighted by Gasteiger charge is 2.37. The molecule has 0 spiro atoms. The molecule has 4 rings (SSSR count). The van der Waals surface area contributed by atoms with Crippen molar-refractivity contribution in [2.75, 3.05) is 23.3 Å². The van der Waals surface area contributed by atoms with E-state index in [1.807, 2.05) is 25.1 Å². The molecule has 2 amide bonds. The number of ether oxygens (including phenoxy) is 1. The normalized spacial score (nSPS) is 17.6. The molecule has 0 radical (unpaired) electrons. The number of nitrogens with one attached hydrogen (secondary N) is 1. The van der Waals surface area contributed by atoms with E-state index in [-0.39, 0.29) is 41.6 Å². The van der Waals surface area contributed by atoms with Crippen LogP contribution < -0.4 is 10.2 Å². The number of nitrogens with zero attached hydrogens (tertiary/aromatic N) is 2. The van der Waals surface area contributed by atoms with Gasteiger partial charge < -0.3 is 10.1 Å². The van der Waals surface area contributed by atoms with E-state index in [0.717, 1.165) is 16.8 Å². The molecule has 10 heteroatoms. The second kappa shape index (κ2) is 8.73. The van der Waals surface area contributed by atoms with Crippen molar-refractivity contribution in [3.8, 4) is 0 Å². The molecule has 0 aromatic heterocycles. The van der Waals surface area contributed by atoms with Gasteiger partial charge in [-0.25, -0.2) is 13.2 Å². The molecule has 0 unspecified atom stereocenters. The molecule has 2 aliphatic heterocycles. The molecule has 1 saturated heterocycles. The van der Waals surface area contributed by atoms with Crippen LogP contribution in [0.3, 0.4) is 0 Å². The molecule has 0 aliphatic carbocycles. The number of carbonyl (C=O) groups excluding carboxylic acids is 2. The van der Waals surface area contributed by atoms with Gasteiger partial charge in [-0.1, -0.05) is 29.3 Å². The van der Waals surface area contributed by atoms with Crippen molar-refractivity contribution in [2.24, 2.45) is 0 Å². The summed E-state index contributed by atoms with van der Waals surface area (Å²) in [6, 6.07) is 9.98. The first-order valence-electron chi connectivity index (χ1n) is 10.3. The average molecular weight is 478 g/mol. The Morgan fingerprint density at radius 1 is 1.16 bits per heavy atom. The first-order valence-corrected chi connectivity index (χ1v) is 12.1. The molecular weight excluding hydrogens is 454 g/mol. The largest absolute Gasteiger partial charge is 0.444 e. The SMILES string of the molecule is CC(=O)Nc1ccc(S(=O)(=O)N2CCC(N3C(=O)OCc4cc(C)ccc43)CC2)cc1Cl. The summed E-state index contributed by atoms with van der Waals surface area (Å²) in [6.45, 7) is 4.11. The average Bonchev–Trinajstić information content (AvgIpc) is 2.75. The Bertz CT molecular complexity index is 1180. The number of anilines is 2. The summed E-state index contributed by atoms with van der Waals surface area (Å²) in [5, 5.41) is 2.71. The fraction of sp³-hybridized carbons (Fsp3) is 0.364. The van der Waals surface area contributed by atoms with Gasteiger partial charge in [-0.3, -0.25) is 9.69 Å². The van der Waals surface area contributed by atoms with Crippen molar-refractivity contribution < 1.29 is 22.7 Å². The minimum absolute atomic E-state index is 0.0632. The predicted molar refractivity (Wildman–Crippen MR) is 121 cm³/mol. The van der Waals surface area contributed by atoms with Gasteiger partial charge in [0.25, 0.3) is 0 Å². The minimum Gasteiger partial charge on any atom is -0.444 e. The lowest BCUT2D eigenvalue weighted by Gasteiger charge is -2.39. The van der Waals surface area contributed by atoms with Gasteiger partial charge >= 0.3 is 6.09 Å². The van der Waals surface area contributed by atoms with Crippen LogP contribution in [0.4, 0.5) is 16.2 Å². The van der Waals surface area contributed by atoms with E-state index >= 15 is 0 Å². The standard InChI is InChI=1S/C22H24ClN3O5S/c1-14-3-6-21-16(11-14)13-31-22(28)26(21)17-7-9-25(10-8-17)32(29,30)18-4-5-20(19(23)12-18)24-15(2)27/h3-6,11-12,17H,7-10,13H2,1-2H3,(H,24,27). The molecule has 0 saturated carbocycles. The van der Waals surface area contributed by atoms with Gasteiger partial charge in [-0.05, 0) is 44.0 Å². The number of halogens is 1. The third-order valence-corrected chi connectivity index (χ3v) is 7.93. The van der Waals surface area contributed by atoms with E-state index in [4.69, 9.17) is 16.3 Å². The van der Waals surface area contributed by atoms with Gasteiger partial charge in [0.2, 0.25) is 15.9 Å². The molecule has 8 nitrogen and oxygen atoms in total. The van der Waals surface area contributed by atoms with Crippen molar-refractivity contribution in [3.05, 3.63) is 52.5 Å². The maximum Gasteiger partial charge on any atom is 0.414 e. The molecule has 1 fully saturated rings. The van der Waals surface area contributed by atoms with Crippen LogP contribution in [0, 0.1) is 6.92 Å². The summed E-state index contributed by atoms with van der Waals surface area (Å²) >= 11 is 6.16. The van der Waals surface area contributed by atoms with E-state index in [0.29, 0.717) is 18.5 Å². The van der Waals surface area contributed by atoms with Crippen LogP contribution in [0.15, 0.2) is 41.3 Å². The number of cyclic esters (lactones) is 1. The highest BCUT2D eigenvalue weighted by Crippen LogP contribution is 2.34. The Morgan fingerprint density at radius 3 is 2.53 bits per heavy atom. The molecular formula is C22H24ClN3O5S. The second-order valence-corrected chi connectivity index (χ2v) is 10.4. The summed E-state index contributed by atoms with van der Waals surface area (Å²) in [4.78, 5) is 25.5. The number of hydrogen-bond donors (Lipinski definition) is 1. The van der Waals surface area contributed by atoms with Crippen LogP contribution in [0.5, 0.6) is 0 Å². The number of carbonyl (C=O) groups is 2. The molecule has 1 N–H and O–H groups in total. The first kappa shape index (κ1) is 22.6. The second-order valence-electron chi connectivity index (χ2n) is 8.01. The lowest BCUT2D eigenvalue weighted by molar-refractivity contribution is -0.114. The van der Waals surface area contributed by atoms with E-state index in [1.54, 1.807) is 4.90 Å². The fourth-order valence-corrected chi connectivity index (χ4v) is 5.94. The third-order valence-electron chi connectivity index (χ3n) is 5.72. The number of rotatable bonds is 4. The number of sulfonamides is 1. The summed E-state index contributed by atoms with van der Waals surface area (Å²) in [5.74, 6) is -0.294. The smallest absolute Gasteiger partial charge is 0.414 e. The van der Waals surface area contributed by atoms with Gasteiger partial charge in [0, 0.05) is 31.6 Å². The monoisotopic (exact) mass is 477 g/mol. The molecule has 170 valence electrons. The molecule has 0 atom stereocenters. The quantitative estimate of drug-likeness (QED) is 0.720. The molecule has 0 bridgehead atoms. The van der Waals surface area contributed by atoms with Crippen LogP contribution in [0.2, 0.25) is 5.02 Å². The highest BCUT2D eigenvalue weighted by molar-refractivity contribution is 7.89. The van der Waals surface area contributed by atoms with Crippen LogP contribution >= 0.6 is 11.6 Å². The van der Waals surface area contributed by atoms with Crippen molar-refractivity contribution in [2.45, 2.75) is 44.2 Å². The van der Waals surface area contributed by atoms with E-state index in [2.05, 4.69) is 5.32 Å². The molecule has 32 heavy (non-hydrogen) atoms. The van der Waals surface area contributed by atoms with E-state index < -0.39 is 16.1 Å². The van der Waals surface area contributed by atoms with Crippen LogP contribution in [-0.2, 0) is 26.2 Å². The van der Waals surface area contributed by atoms with E-state index in [9.17, 15) is 18.0 Å². The van der Waals surface area contributed by atoms with Gasteiger partial charge in [0.15, 0.2) is 0 Å². The Balaban J connectivity index is 1.50. The zero-order chi connectivity index (χ0) is 23.0. The summed E-state index contributed by atoms with van der Waals surface area (Å²) < 4.78 is 33.0. The number of hydrogen-bond acceptors (Lipinski definition) is 5. The maximum atomic E-state index is 13.1. The Hall–Kier alpha value is -2.62. The Labute approximate surface area is 192 Å². The Kier molecular flexibility index (Phi) is 6.15. The summed E-state index contributed by atoms with van der Waals surface area (Å²) in [6.07, 6.45) is 0.571. The van der Waals surface area contributed by atoms with Crippen molar-refractivity contribution in [1.82, 2.24) is 4.31 Å². The van der Waals surface area contributed by atoms with Gasteiger partial charge in [0.1, 0.15) is 6.61 Å². The highest BCUT2D eigenvalue weighted by atomic mass is 35.5. The number of benzene rings is 2. The molecule has 2 aliphatic rings. The zero-order valence-corrected chi connectivity index (χ0v) is 19.4. The maximum absolute atomic E-state index is 13.1. The summed E-state index contributed by atoms with van der Waals surface area (Å²) in [7, 11) is -3.76. The van der Waals surface area contributed by atoms with Gasteiger partial charge in [-0.2, -0.15) is 4.31 Å². The number of piperidine rings is 1. The van der Waals surface area contributed by atoms with Crippen molar-refractivity contribution in [1.29, 1.82) is 0 Å². The van der Waals surface area contributed by atoms with Crippen molar-refractivity contribution in [3.63, 3.8) is 0 Å². The van der Waals surface area contributed by atoms with Crippen LogP contribution in [0.25, 0.3) is 0 Å². The fourth-order valence-electron chi connectivity index (χ4n) is 4.16. The van der Waals surface area contributed by atoms with Gasteiger partial charge in [0.05, 0.1) is 21.3 Å². The van der Waals surface area contributed by atoms with Crippen molar-refractivity contribution >= 4 is 45.0 Å². The number of aryl methyl sites for hydroxylation is 1. The van der Waals surface area contributed by atoms with Crippen LogP contribution in [0.1, 0.15) is 30.9 Å². The summed E-state index contributed by atoms with van der Waals surface area (Å²) in [5.41, 5.74) is 3.22. The molecule has 2 aromatic rings. The topological polar surface area (TPSA) is 96.0 Å². The first-order chi connectivity index (χ1) is 15.2. The molecule has 2 aromatic carbocycles. The molecule has 2 heterocycles. The lowest BCUT2D eigenvalue weighted by Crippen LogP contribution is -2.50.